The van der Waals surface area contributed by atoms with Gasteiger partial charge in [0.1, 0.15) is 0 Å². The molecule has 0 aliphatic carbocycles. The van der Waals surface area contributed by atoms with Gasteiger partial charge in [0.25, 0.3) is 0 Å². The average molecular weight is 446 g/mol. The van der Waals surface area contributed by atoms with Crippen LogP contribution in [0.2, 0.25) is 0 Å². The Kier molecular flexibility index (Phi) is 6.00. The molecule has 1 aliphatic rings. The second-order valence-electron chi connectivity index (χ2n) is 8.01. The van der Waals surface area contributed by atoms with Crippen LogP contribution < -0.4 is 15.5 Å². The van der Waals surface area contributed by atoms with Gasteiger partial charge in [-0.15, -0.1) is 0 Å². The minimum atomic E-state index is -3.33. The van der Waals surface area contributed by atoms with Gasteiger partial charge >= 0.3 is 6.09 Å². The molecule has 1 heterocycles. The van der Waals surface area contributed by atoms with Gasteiger partial charge in [0.05, 0.1) is 28.4 Å². The van der Waals surface area contributed by atoms with Crippen LogP contribution in [0, 0.1) is 0 Å². The fraction of sp³-hybridized carbons (Fsp3) is 0.364. The number of hydrogen-bond donors (Lipinski definition) is 1. The first-order valence-electron chi connectivity index (χ1n) is 9.92. The standard InChI is InChI=1S/C22H27N3O5S/c1-13(2)30-22(27)24-12-14(3)25(15(4)26)21-11-19(23)18(10-20(21)24)16-6-8-17(9-7-16)31(5,28)29/h6-11,13-14H,12,23H2,1-5H3/t14-/m0/s1. The molecule has 2 aromatic carbocycles. The van der Waals surface area contributed by atoms with Crippen LogP contribution in [0.1, 0.15) is 27.7 Å². The molecule has 166 valence electrons. The molecule has 2 N–H and O–H groups in total. The van der Waals surface area contributed by atoms with Crippen molar-refractivity contribution in [3.63, 3.8) is 0 Å². The van der Waals surface area contributed by atoms with Crippen molar-refractivity contribution in [3.05, 3.63) is 36.4 Å². The number of sulfone groups is 1. The van der Waals surface area contributed by atoms with Crippen LogP contribution in [-0.2, 0) is 19.4 Å². The van der Waals surface area contributed by atoms with Crippen molar-refractivity contribution in [1.82, 2.24) is 0 Å². The maximum Gasteiger partial charge on any atom is 0.414 e. The maximum atomic E-state index is 12.8. The summed E-state index contributed by atoms with van der Waals surface area (Å²) in [6, 6.07) is 9.50. The smallest absolute Gasteiger partial charge is 0.414 e. The number of carbonyl (C=O) groups excluding carboxylic acids is 2. The minimum Gasteiger partial charge on any atom is -0.446 e. The number of nitrogens with two attached hydrogens (primary N) is 1. The molecule has 0 unspecified atom stereocenters. The molecule has 8 nitrogen and oxygen atoms in total. The zero-order chi connectivity index (χ0) is 23.1. The maximum absolute atomic E-state index is 12.8. The fourth-order valence-electron chi connectivity index (χ4n) is 3.73. The van der Waals surface area contributed by atoms with E-state index in [0.29, 0.717) is 28.2 Å². The van der Waals surface area contributed by atoms with Gasteiger partial charge < -0.3 is 15.4 Å². The van der Waals surface area contributed by atoms with E-state index in [0.717, 1.165) is 6.26 Å². The van der Waals surface area contributed by atoms with Crippen molar-refractivity contribution in [2.24, 2.45) is 0 Å². The highest BCUT2D eigenvalue weighted by molar-refractivity contribution is 7.90. The van der Waals surface area contributed by atoms with Gasteiger partial charge in [-0.1, -0.05) is 12.1 Å². The van der Waals surface area contributed by atoms with Crippen molar-refractivity contribution in [3.8, 4) is 11.1 Å². The molecule has 0 aromatic heterocycles. The number of anilines is 3. The van der Waals surface area contributed by atoms with Crippen molar-refractivity contribution in [2.45, 2.75) is 44.7 Å². The summed E-state index contributed by atoms with van der Waals surface area (Å²) >= 11 is 0. The van der Waals surface area contributed by atoms with Crippen LogP contribution >= 0.6 is 0 Å². The van der Waals surface area contributed by atoms with Gasteiger partial charge in [-0.05, 0) is 50.6 Å². The monoisotopic (exact) mass is 445 g/mol. The van der Waals surface area contributed by atoms with Crippen LogP contribution in [0.3, 0.4) is 0 Å². The molecule has 0 spiro atoms. The van der Waals surface area contributed by atoms with E-state index in [1.54, 1.807) is 43.0 Å². The molecule has 3 rings (SSSR count). The molecule has 0 saturated heterocycles. The summed E-state index contributed by atoms with van der Waals surface area (Å²) in [6.07, 6.45) is 0.341. The lowest BCUT2D eigenvalue weighted by Gasteiger charge is -2.40. The molecule has 9 heteroatoms. The third kappa shape index (κ3) is 4.51. The van der Waals surface area contributed by atoms with E-state index in [1.807, 2.05) is 6.92 Å². The summed E-state index contributed by atoms with van der Waals surface area (Å²) in [5.74, 6) is -0.157. The Labute approximate surface area is 182 Å². The highest BCUT2D eigenvalue weighted by Crippen LogP contribution is 2.42. The number of fused-ring (bicyclic) bond motifs is 1. The van der Waals surface area contributed by atoms with Gasteiger partial charge in [-0.3, -0.25) is 9.69 Å². The van der Waals surface area contributed by atoms with E-state index in [2.05, 4.69) is 0 Å². The van der Waals surface area contributed by atoms with Crippen molar-refractivity contribution in [1.29, 1.82) is 0 Å². The Morgan fingerprint density at radius 2 is 1.74 bits per heavy atom. The van der Waals surface area contributed by atoms with E-state index in [-0.39, 0.29) is 29.5 Å². The summed E-state index contributed by atoms with van der Waals surface area (Å²) in [5, 5.41) is 0. The molecule has 2 aromatic rings. The summed E-state index contributed by atoms with van der Waals surface area (Å²) in [5.41, 5.74) is 9.08. The molecule has 1 aliphatic heterocycles. The Bertz CT molecular complexity index is 1130. The SMILES string of the molecule is CC(=O)N1c2cc(N)c(-c3ccc(S(C)(=O)=O)cc3)cc2N(C(=O)OC(C)C)C[C@@H]1C. The summed E-state index contributed by atoms with van der Waals surface area (Å²) in [6.45, 7) is 7.14. The second kappa shape index (κ2) is 8.22. The van der Waals surface area contributed by atoms with E-state index in [4.69, 9.17) is 10.5 Å². The first-order valence-corrected chi connectivity index (χ1v) is 11.8. The number of nitrogen functional groups attached to an aromatic ring is 1. The highest BCUT2D eigenvalue weighted by atomic mass is 32.2. The van der Waals surface area contributed by atoms with Gasteiger partial charge in [-0.25, -0.2) is 13.2 Å². The van der Waals surface area contributed by atoms with E-state index < -0.39 is 15.9 Å². The summed E-state index contributed by atoms with van der Waals surface area (Å²) < 4.78 is 28.9. The highest BCUT2D eigenvalue weighted by Gasteiger charge is 2.35. The van der Waals surface area contributed by atoms with Gasteiger partial charge in [-0.2, -0.15) is 0 Å². The predicted molar refractivity (Wildman–Crippen MR) is 121 cm³/mol. The molecule has 0 bridgehead atoms. The second-order valence-corrected chi connectivity index (χ2v) is 10.0. The molecular weight excluding hydrogens is 418 g/mol. The topological polar surface area (TPSA) is 110 Å². The minimum absolute atomic E-state index is 0.157. The number of ether oxygens (including phenoxy) is 1. The molecule has 1 atom stereocenters. The number of carbonyl (C=O) groups is 2. The third-order valence-electron chi connectivity index (χ3n) is 5.07. The van der Waals surface area contributed by atoms with Crippen molar-refractivity contribution < 1.29 is 22.7 Å². The van der Waals surface area contributed by atoms with E-state index in [1.165, 1.54) is 24.0 Å². The van der Waals surface area contributed by atoms with Gasteiger partial charge in [0.2, 0.25) is 5.91 Å². The van der Waals surface area contributed by atoms with Crippen LogP contribution in [-0.4, -0.2) is 45.4 Å². The van der Waals surface area contributed by atoms with Crippen LogP contribution in [0.5, 0.6) is 0 Å². The Morgan fingerprint density at radius 3 is 2.26 bits per heavy atom. The molecule has 2 amide bonds. The first kappa shape index (κ1) is 22.6. The first-order chi connectivity index (χ1) is 14.4. The van der Waals surface area contributed by atoms with Crippen molar-refractivity contribution >= 4 is 38.9 Å². The van der Waals surface area contributed by atoms with Crippen LogP contribution in [0.25, 0.3) is 11.1 Å². The fourth-order valence-corrected chi connectivity index (χ4v) is 4.36. The van der Waals surface area contributed by atoms with E-state index >= 15 is 0 Å². The third-order valence-corrected chi connectivity index (χ3v) is 6.20. The number of nitrogens with zero attached hydrogens (tertiary/aromatic N) is 2. The van der Waals surface area contributed by atoms with Crippen molar-refractivity contribution in [2.75, 3.05) is 28.3 Å². The predicted octanol–water partition coefficient (Wildman–Crippen LogP) is 3.45. The number of benzene rings is 2. The lowest BCUT2D eigenvalue weighted by Crippen LogP contribution is -2.51. The molecule has 0 saturated carbocycles. The lowest BCUT2D eigenvalue weighted by atomic mass is 9.99. The normalized spacial score (nSPS) is 16.3. The Balaban J connectivity index is 2.15. The van der Waals surface area contributed by atoms with Crippen LogP contribution in [0.15, 0.2) is 41.3 Å². The zero-order valence-electron chi connectivity index (χ0n) is 18.2. The summed E-state index contributed by atoms with van der Waals surface area (Å²) in [7, 11) is -3.33. The quantitative estimate of drug-likeness (QED) is 0.725. The number of amides is 2. The Hall–Kier alpha value is -3.07. The lowest BCUT2D eigenvalue weighted by molar-refractivity contribution is -0.117. The zero-order valence-corrected chi connectivity index (χ0v) is 19.1. The molecule has 31 heavy (non-hydrogen) atoms. The number of rotatable bonds is 3. The molecular formula is C22H27N3O5S. The van der Waals surface area contributed by atoms with Gasteiger partial charge in [0, 0.05) is 31.0 Å². The van der Waals surface area contributed by atoms with Crippen LogP contribution in [0.4, 0.5) is 21.9 Å². The molecule has 0 fully saturated rings. The Morgan fingerprint density at radius 1 is 1.13 bits per heavy atom. The largest absolute Gasteiger partial charge is 0.446 e. The molecule has 0 radical (unpaired) electrons. The number of hydrogen-bond acceptors (Lipinski definition) is 6. The van der Waals surface area contributed by atoms with Gasteiger partial charge in [0.15, 0.2) is 9.84 Å². The van der Waals surface area contributed by atoms with E-state index in [9.17, 15) is 18.0 Å². The summed E-state index contributed by atoms with van der Waals surface area (Å²) in [4.78, 5) is 28.4. The average Bonchev–Trinajstić information content (AvgIpc) is 2.65.